The quantitative estimate of drug-likeness (QED) is 0.117. The van der Waals surface area contributed by atoms with Gasteiger partial charge in [0, 0.05) is 41.6 Å². The van der Waals surface area contributed by atoms with Crippen molar-refractivity contribution in [3.63, 3.8) is 0 Å². The summed E-state index contributed by atoms with van der Waals surface area (Å²) in [5, 5.41) is 24.3. The van der Waals surface area contributed by atoms with Crippen LogP contribution in [0, 0.1) is 0 Å². The van der Waals surface area contributed by atoms with Crippen LogP contribution < -0.4 is 10.1 Å². The smallest absolute Gasteiger partial charge is 0.340 e. The van der Waals surface area contributed by atoms with Gasteiger partial charge in [0.15, 0.2) is 5.60 Å². The van der Waals surface area contributed by atoms with E-state index in [4.69, 9.17) is 9.47 Å². The van der Waals surface area contributed by atoms with Crippen LogP contribution in [0.1, 0.15) is 124 Å². The summed E-state index contributed by atoms with van der Waals surface area (Å²) in [7, 11) is 0. The van der Waals surface area contributed by atoms with Gasteiger partial charge in [-0.2, -0.15) is 0 Å². The van der Waals surface area contributed by atoms with Crippen LogP contribution in [0.2, 0.25) is 0 Å². The van der Waals surface area contributed by atoms with Crippen LogP contribution in [0.5, 0.6) is 23.0 Å². The van der Waals surface area contributed by atoms with Crippen LogP contribution in [0.4, 0.5) is 5.69 Å². The number of unbranched alkanes of at least 4 members (excludes halogenated alkanes) is 13. The number of hydrogen-bond donors (Lipinski definition) is 3. The van der Waals surface area contributed by atoms with Gasteiger partial charge in [-0.15, -0.1) is 0 Å². The molecule has 0 aromatic heterocycles. The topological polar surface area (TPSA) is 88.0 Å². The van der Waals surface area contributed by atoms with Gasteiger partial charge in [0.25, 0.3) is 0 Å². The molecule has 3 aromatic carbocycles. The number of esters is 1. The number of hydrogen-bond acceptors (Lipinski definition) is 6. The molecule has 5 rings (SSSR count). The second kappa shape index (κ2) is 14.0. The fourth-order valence-corrected chi connectivity index (χ4v) is 6.47. The van der Waals surface area contributed by atoms with E-state index in [1.54, 1.807) is 24.3 Å². The number of nitrogens with one attached hydrogen (secondary N) is 1. The molecule has 6 nitrogen and oxygen atoms in total. The van der Waals surface area contributed by atoms with Gasteiger partial charge in [0.1, 0.15) is 23.0 Å². The van der Waals surface area contributed by atoms with E-state index in [0.717, 1.165) is 24.9 Å². The Kier molecular flexibility index (Phi) is 9.93. The monoisotopic (exact) mass is 571 g/mol. The van der Waals surface area contributed by atoms with Crippen molar-refractivity contribution in [2.45, 2.75) is 102 Å². The molecular formula is C36H45NO5. The second-order valence-corrected chi connectivity index (χ2v) is 11.8. The third kappa shape index (κ3) is 6.38. The molecule has 0 amide bonds. The first kappa shape index (κ1) is 29.8. The molecule has 3 aromatic rings. The minimum Gasteiger partial charge on any atom is -0.508 e. The summed E-state index contributed by atoms with van der Waals surface area (Å²) in [6, 6.07) is 15.4. The van der Waals surface area contributed by atoms with Gasteiger partial charge >= 0.3 is 5.97 Å². The average Bonchev–Trinajstić information content (AvgIpc) is 3.26. The van der Waals surface area contributed by atoms with E-state index in [-0.39, 0.29) is 11.5 Å². The molecule has 6 heteroatoms. The minimum absolute atomic E-state index is 0.0428. The Balaban J connectivity index is 1.19. The van der Waals surface area contributed by atoms with Crippen molar-refractivity contribution in [2.24, 2.45) is 0 Å². The summed E-state index contributed by atoms with van der Waals surface area (Å²) >= 11 is 0. The molecule has 42 heavy (non-hydrogen) atoms. The lowest BCUT2D eigenvalue weighted by Crippen LogP contribution is -2.34. The van der Waals surface area contributed by atoms with Crippen LogP contribution in [-0.4, -0.2) is 22.7 Å². The normalized spacial score (nSPS) is 16.5. The zero-order chi connectivity index (χ0) is 29.4. The highest BCUT2D eigenvalue weighted by atomic mass is 16.6. The molecule has 1 spiro atoms. The Morgan fingerprint density at radius 2 is 1.31 bits per heavy atom. The predicted octanol–water partition coefficient (Wildman–Crippen LogP) is 9.56. The molecule has 0 bridgehead atoms. The maximum atomic E-state index is 13.1. The molecule has 224 valence electrons. The lowest BCUT2D eigenvalue weighted by Gasteiger charge is -2.38. The molecule has 0 radical (unpaired) electrons. The molecule has 0 fully saturated rings. The Morgan fingerprint density at radius 1 is 0.690 bits per heavy atom. The molecule has 0 aliphatic carbocycles. The van der Waals surface area contributed by atoms with Crippen molar-refractivity contribution in [3.8, 4) is 23.0 Å². The third-order valence-corrected chi connectivity index (χ3v) is 8.62. The summed E-state index contributed by atoms with van der Waals surface area (Å²) in [6.07, 6.45) is 18.3. The number of phenols is 2. The highest BCUT2D eigenvalue weighted by Gasteiger charge is 2.54. The van der Waals surface area contributed by atoms with Crippen LogP contribution in [0.25, 0.3) is 0 Å². The van der Waals surface area contributed by atoms with Crippen molar-refractivity contribution >= 4 is 11.7 Å². The highest BCUT2D eigenvalue weighted by Crippen LogP contribution is 2.59. The standard InChI is InChI=1S/C36H45NO5/c1-2-3-4-5-6-7-8-9-10-11-12-13-14-17-22-37-31-23-27(39)25-33-34(31)36(30-21-20-26(38)24-32(30)41-33)29-19-16-15-18-28(29)35(40)42-36/h15-16,18-21,23-25,37-39H,2-14,17,22H2,1H3. The first-order valence-electron chi connectivity index (χ1n) is 16.0. The number of fused-ring (bicyclic) bond motifs is 6. The van der Waals surface area contributed by atoms with Gasteiger partial charge < -0.3 is 25.0 Å². The number of ether oxygens (including phenoxy) is 2. The molecule has 2 heterocycles. The van der Waals surface area contributed by atoms with E-state index >= 15 is 0 Å². The number of phenolic OH excluding ortho intramolecular Hbond substituents is 2. The summed E-state index contributed by atoms with van der Waals surface area (Å²) in [6.45, 7) is 2.99. The summed E-state index contributed by atoms with van der Waals surface area (Å²) in [5.41, 5.74) is 1.92. The number of rotatable bonds is 16. The fraction of sp³-hybridized carbons (Fsp3) is 0.472. The molecule has 1 atom stereocenters. The summed E-state index contributed by atoms with van der Waals surface area (Å²) < 4.78 is 12.4. The number of carbonyl (C=O) groups excluding carboxylic acids is 1. The lowest BCUT2D eigenvalue weighted by atomic mass is 9.77. The fourth-order valence-electron chi connectivity index (χ4n) is 6.47. The van der Waals surface area contributed by atoms with Gasteiger partial charge in [0.05, 0.1) is 11.1 Å². The van der Waals surface area contributed by atoms with Gasteiger partial charge in [-0.1, -0.05) is 109 Å². The zero-order valence-electron chi connectivity index (χ0n) is 24.9. The van der Waals surface area contributed by atoms with Crippen molar-refractivity contribution in [3.05, 3.63) is 76.9 Å². The Morgan fingerprint density at radius 3 is 2.00 bits per heavy atom. The largest absolute Gasteiger partial charge is 0.508 e. The maximum absolute atomic E-state index is 13.1. The van der Waals surface area contributed by atoms with Gasteiger partial charge in [-0.05, 0) is 24.6 Å². The van der Waals surface area contributed by atoms with Crippen molar-refractivity contribution in [2.75, 3.05) is 11.9 Å². The van der Waals surface area contributed by atoms with E-state index in [0.29, 0.717) is 33.9 Å². The summed E-state index contributed by atoms with van der Waals surface area (Å²) in [5.74, 6) is 0.454. The van der Waals surface area contributed by atoms with Gasteiger partial charge in [-0.3, -0.25) is 0 Å². The number of benzene rings is 3. The minimum atomic E-state index is -1.25. The summed E-state index contributed by atoms with van der Waals surface area (Å²) in [4.78, 5) is 13.1. The average molecular weight is 572 g/mol. The Labute approximate surface area is 250 Å². The second-order valence-electron chi connectivity index (χ2n) is 11.8. The first-order valence-corrected chi connectivity index (χ1v) is 16.0. The SMILES string of the molecule is CCCCCCCCCCCCCCCCNc1cc(O)cc2c1C1(OC(=O)c3ccccc31)c1ccc(O)cc1O2. The highest BCUT2D eigenvalue weighted by molar-refractivity contribution is 5.97. The zero-order valence-corrected chi connectivity index (χ0v) is 24.9. The van der Waals surface area contributed by atoms with Crippen molar-refractivity contribution < 1.29 is 24.5 Å². The molecule has 3 N–H and O–H groups in total. The van der Waals surface area contributed by atoms with Crippen LogP contribution in [0.15, 0.2) is 54.6 Å². The molecule has 0 saturated carbocycles. The molecule has 0 saturated heterocycles. The Hall–Kier alpha value is -3.67. The van der Waals surface area contributed by atoms with E-state index in [1.165, 1.54) is 89.2 Å². The maximum Gasteiger partial charge on any atom is 0.340 e. The van der Waals surface area contributed by atoms with Gasteiger partial charge in [-0.25, -0.2) is 4.79 Å². The lowest BCUT2D eigenvalue weighted by molar-refractivity contribution is 0.0226. The molecular weight excluding hydrogens is 526 g/mol. The molecule has 2 aliphatic heterocycles. The molecule has 2 aliphatic rings. The van der Waals surface area contributed by atoms with Crippen LogP contribution in [-0.2, 0) is 10.3 Å². The van der Waals surface area contributed by atoms with Crippen molar-refractivity contribution in [1.82, 2.24) is 0 Å². The van der Waals surface area contributed by atoms with Crippen LogP contribution in [0.3, 0.4) is 0 Å². The molecule has 1 unspecified atom stereocenters. The number of carbonyl (C=O) groups is 1. The predicted molar refractivity (Wildman–Crippen MR) is 167 cm³/mol. The first-order chi connectivity index (χ1) is 20.5. The van der Waals surface area contributed by atoms with Crippen molar-refractivity contribution in [1.29, 1.82) is 0 Å². The van der Waals surface area contributed by atoms with E-state index in [9.17, 15) is 15.0 Å². The van der Waals surface area contributed by atoms with E-state index in [2.05, 4.69) is 12.2 Å². The number of anilines is 1. The third-order valence-electron chi connectivity index (χ3n) is 8.62. The van der Waals surface area contributed by atoms with Crippen LogP contribution >= 0.6 is 0 Å². The number of aromatic hydroxyl groups is 2. The Bertz CT molecular complexity index is 1370. The van der Waals surface area contributed by atoms with E-state index in [1.807, 2.05) is 18.2 Å². The van der Waals surface area contributed by atoms with Gasteiger partial charge in [0.2, 0.25) is 0 Å². The van der Waals surface area contributed by atoms with E-state index < -0.39 is 11.6 Å².